The topological polar surface area (TPSA) is 50.2 Å². The summed E-state index contributed by atoms with van der Waals surface area (Å²) in [4.78, 5) is 11.2. The number of hydrogen-bond acceptors (Lipinski definition) is 3. The second-order valence-corrected chi connectivity index (χ2v) is 3.05. The summed E-state index contributed by atoms with van der Waals surface area (Å²) < 4.78 is 4.58. The third-order valence-corrected chi connectivity index (χ3v) is 2.08. The third kappa shape index (κ3) is 2.05. The van der Waals surface area contributed by atoms with Crippen LogP contribution in [0.1, 0.15) is 13.3 Å². The molecule has 0 heterocycles. The van der Waals surface area contributed by atoms with E-state index in [1.54, 1.807) is 12.2 Å². The van der Waals surface area contributed by atoms with Crippen LogP contribution in [0.4, 0.5) is 0 Å². The monoisotopic (exact) mass is 179 g/mol. The molecule has 1 unspecified atom stereocenters. The average Bonchev–Trinajstić information content (AvgIpc) is 2.29. The lowest BCUT2D eigenvalue weighted by Gasteiger charge is -2.10. The van der Waals surface area contributed by atoms with E-state index < -0.39 is 5.97 Å². The first kappa shape index (κ1) is 9.71. The number of carbonyl (C=O) groups is 1. The minimum absolute atomic E-state index is 0.0871. The first-order valence-electron chi connectivity index (χ1n) is 4.20. The number of hydrogen-bond donors (Lipinski definition) is 1. The molecule has 1 atom stereocenters. The molecule has 0 aromatic carbocycles. The number of ether oxygens (including phenoxy) is 1. The van der Waals surface area contributed by atoms with E-state index >= 15 is 0 Å². The molecular weight excluding hydrogens is 166 g/mol. The molecule has 0 fully saturated rings. The van der Waals surface area contributed by atoms with Crippen molar-refractivity contribution in [3.05, 3.63) is 23.8 Å². The zero-order valence-corrected chi connectivity index (χ0v) is 7.83. The fourth-order valence-corrected chi connectivity index (χ4v) is 1.21. The van der Waals surface area contributed by atoms with E-state index in [0.29, 0.717) is 11.3 Å². The Labute approximate surface area is 77.6 Å². The standard InChI is InChI=1S/C10H13NO2/c1-7-5-3-4-6-8(9(7)11)10(12)13-2/h3-4,6-7,11H,5H2,1-2H3. The summed E-state index contributed by atoms with van der Waals surface area (Å²) in [6, 6.07) is 0. The van der Waals surface area contributed by atoms with Crippen LogP contribution in [0.15, 0.2) is 23.8 Å². The lowest BCUT2D eigenvalue weighted by atomic mass is 9.97. The third-order valence-electron chi connectivity index (χ3n) is 2.08. The van der Waals surface area contributed by atoms with Gasteiger partial charge in [-0.15, -0.1) is 0 Å². The van der Waals surface area contributed by atoms with Crippen LogP contribution in [0.2, 0.25) is 0 Å². The Hall–Kier alpha value is -1.38. The van der Waals surface area contributed by atoms with Crippen LogP contribution in [0, 0.1) is 11.3 Å². The molecule has 1 aliphatic carbocycles. The fraction of sp³-hybridized carbons (Fsp3) is 0.400. The second-order valence-electron chi connectivity index (χ2n) is 3.05. The van der Waals surface area contributed by atoms with Crippen molar-refractivity contribution in [1.29, 1.82) is 5.41 Å². The van der Waals surface area contributed by atoms with Gasteiger partial charge in [0.1, 0.15) is 0 Å². The van der Waals surface area contributed by atoms with Gasteiger partial charge >= 0.3 is 5.97 Å². The van der Waals surface area contributed by atoms with E-state index in [2.05, 4.69) is 4.74 Å². The molecule has 0 radical (unpaired) electrons. The van der Waals surface area contributed by atoms with Crippen LogP contribution in [-0.2, 0) is 9.53 Å². The Morgan fingerprint density at radius 2 is 2.38 bits per heavy atom. The van der Waals surface area contributed by atoms with E-state index in [1.165, 1.54) is 7.11 Å². The maximum Gasteiger partial charge on any atom is 0.339 e. The summed E-state index contributed by atoms with van der Waals surface area (Å²) in [6.07, 6.45) is 6.19. The first-order valence-corrected chi connectivity index (χ1v) is 4.20. The normalized spacial score (nSPS) is 22.2. The number of allylic oxidation sites excluding steroid dienone is 3. The van der Waals surface area contributed by atoms with E-state index in [4.69, 9.17) is 5.41 Å². The van der Waals surface area contributed by atoms with Gasteiger partial charge in [0, 0.05) is 11.6 Å². The Morgan fingerprint density at radius 3 is 3.00 bits per heavy atom. The van der Waals surface area contributed by atoms with Crippen molar-refractivity contribution in [2.24, 2.45) is 5.92 Å². The largest absolute Gasteiger partial charge is 0.465 e. The van der Waals surface area contributed by atoms with Crippen LogP contribution in [0.3, 0.4) is 0 Å². The quantitative estimate of drug-likeness (QED) is 0.623. The van der Waals surface area contributed by atoms with Crippen molar-refractivity contribution < 1.29 is 9.53 Å². The fourth-order valence-electron chi connectivity index (χ4n) is 1.21. The van der Waals surface area contributed by atoms with Crippen LogP contribution in [0.5, 0.6) is 0 Å². The summed E-state index contributed by atoms with van der Waals surface area (Å²) in [5.41, 5.74) is 0.723. The number of rotatable bonds is 1. The van der Waals surface area contributed by atoms with Crippen LogP contribution in [0.25, 0.3) is 0 Å². The van der Waals surface area contributed by atoms with Crippen molar-refractivity contribution in [3.63, 3.8) is 0 Å². The SMILES string of the molecule is COC(=O)C1=CC=CCC(C)C1=N. The Balaban J connectivity index is 2.93. The predicted molar refractivity (Wildman–Crippen MR) is 50.7 cm³/mol. The van der Waals surface area contributed by atoms with Gasteiger partial charge in [0.2, 0.25) is 0 Å². The van der Waals surface area contributed by atoms with Crippen molar-refractivity contribution >= 4 is 11.7 Å². The Kier molecular flexibility index (Phi) is 3.01. The minimum atomic E-state index is -0.427. The van der Waals surface area contributed by atoms with Crippen molar-refractivity contribution in [3.8, 4) is 0 Å². The molecule has 0 saturated heterocycles. The van der Waals surface area contributed by atoms with Crippen molar-refractivity contribution in [2.75, 3.05) is 7.11 Å². The molecule has 1 N–H and O–H groups in total. The van der Waals surface area contributed by atoms with Gasteiger partial charge in [-0.1, -0.05) is 19.1 Å². The van der Waals surface area contributed by atoms with Gasteiger partial charge in [0.15, 0.2) is 0 Å². The zero-order valence-electron chi connectivity index (χ0n) is 7.83. The zero-order chi connectivity index (χ0) is 9.84. The predicted octanol–water partition coefficient (Wildman–Crippen LogP) is 1.70. The average molecular weight is 179 g/mol. The highest BCUT2D eigenvalue weighted by Crippen LogP contribution is 2.16. The lowest BCUT2D eigenvalue weighted by molar-refractivity contribution is -0.135. The van der Waals surface area contributed by atoms with E-state index in [0.717, 1.165) is 6.42 Å². The van der Waals surface area contributed by atoms with Gasteiger partial charge in [0.05, 0.1) is 12.7 Å². The summed E-state index contributed by atoms with van der Waals surface area (Å²) in [5, 5.41) is 7.72. The number of methoxy groups -OCH3 is 1. The molecule has 1 aliphatic rings. The van der Waals surface area contributed by atoms with E-state index in [-0.39, 0.29) is 5.92 Å². The molecule has 0 aromatic heterocycles. The van der Waals surface area contributed by atoms with Crippen LogP contribution >= 0.6 is 0 Å². The highest BCUT2D eigenvalue weighted by molar-refractivity contribution is 6.19. The highest BCUT2D eigenvalue weighted by Gasteiger charge is 2.20. The maximum atomic E-state index is 11.2. The second kappa shape index (κ2) is 4.03. The number of nitrogens with one attached hydrogen (secondary N) is 1. The van der Waals surface area contributed by atoms with Gasteiger partial charge in [0.25, 0.3) is 0 Å². The molecule has 13 heavy (non-hydrogen) atoms. The summed E-state index contributed by atoms with van der Waals surface area (Å²) >= 11 is 0. The Morgan fingerprint density at radius 1 is 1.69 bits per heavy atom. The summed E-state index contributed by atoms with van der Waals surface area (Å²) in [7, 11) is 1.33. The minimum Gasteiger partial charge on any atom is -0.465 e. The summed E-state index contributed by atoms with van der Waals surface area (Å²) in [6.45, 7) is 1.93. The maximum absolute atomic E-state index is 11.2. The molecule has 0 bridgehead atoms. The van der Waals surface area contributed by atoms with Gasteiger partial charge in [-0.25, -0.2) is 4.79 Å². The highest BCUT2D eigenvalue weighted by atomic mass is 16.5. The van der Waals surface area contributed by atoms with E-state index in [9.17, 15) is 4.79 Å². The van der Waals surface area contributed by atoms with E-state index in [1.807, 2.05) is 13.0 Å². The van der Waals surface area contributed by atoms with Gasteiger partial charge < -0.3 is 10.1 Å². The number of carbonyl (C=O) groups excluding carboxylic acids is 1. The van der Waals surface area contributed by atoms with Gasteiger partial charge in [-0.05, 0) is 12.5 Å². The number of esters is 1. The molecule has 0 saturated carbocycles. The molecule has 3 heteroatoms. The van der Waals surface area contributed by atoms with Gasteiger partial charge in [-0.2, -0.15) is 0 Å². The molecule has 1 rings (SSSR count). The summed E-state index contributed by atoms with van der Waals surface area (Å²) in [5.74, 6) is -0.340. The smallest absolute Gasteiger partial charge is 0.339 e. The first-order chi connectivity index (χ1) is 6.16. The van der Waals surface area contributed by atoms with Crippen LogP contribution < -0.4 is 0 Å². The molecule has 70 valence electrons. The molecule has 0 spiro atoms. The van der Waals surface area contributed by atoms with Crippen LogP contribution in [-0.4, -0.2) is 18.8 Å². The molecular formula is C10H13NO2. The Bertz CT molecular complexity index is 289. The lowest BCUT2D eigenvalue weighted by Crippen LogP contribution is -2.18. The molecule has 0 aliphatic heterocycles. The van der Waals surface area contributed by atoms with Crippen molar-refractivity contribution in [2.45, 2.75) is 13.3 Å². The molecule has 0 aromatic rings. The van der Waals surface area contributed by atoms with Crippen molar-refractivity contribution in [1.82, 2.24) is 0 Å². The molecule has 3 nitrogen and oxygen atoms in total. The van der Waals surface area contributed by atoms with Gasteiger partial charge in [-0.3, -0.25) is 0 Å². The molecule has 0 amide bonds.